The van der Waals surface area contributed by atoms with Crippen LogP contribution in [0.25, 0.3) is 0 Å². The van der Waals surface area contributed by atoms with E-state index in [-0.39, 0.29) is 17.3 Å². The Labute approximate surface area is 199 Å². The molecule has 33 heavy (non-hydrogen) atoms. The van der Waals surface area contributed by atoms with Gasteiger partial charge in [0, 0.05) is 24.5 Å². The van der Waals surface area contributed by atoms with Crippen molar-refractivity contribution < 1.29 is 18.0 Å². The zero-order chi connectivity index (χ0) is 23.6. The van der Waals surface area contributed by atoms with Gasteiger partial charge < -0.3 is 10.2 Å². The highest BCUT2D eigenvalue weighted by Gasteiger charge is 2.36. The van der Waals surface area contributed by atoms with E-state index in [0.29, 0.717) is 29.4 Å². The van der Waals surface area contributed by atoms with Crippen molar-refractivity contribution in [1.29, 1.82) is 0 Å². The zero-order valence-corrected chi connectivity index (χ0v) is 20.5. The number of rotatable bonds is 5. The summed E-state index contributed by atoms with van der Waals surface area (Å²) in [4.78, 5) is 28.4. The molecular formula is C24H29N3O4S2. The van der Waals surface area contributed by atoms with Gasteiger partial charge in [-0.3, -0.25) is 13.9 Å². The number of carbonyl (C=O) groups excluding carboxylic acids is 2. The fourth-order valence-corrected chi connectivity index (χ4v) is 6.82. The molecule has 0 saturated carbocycles. The maximum Gasteiger partial charge on any atom is 0.264 e. The molecule has 0 bridgehead atoms. The Morgan fingerprint density at radius 1 is 1.12 bits per heavy atom. The van der Waals surface area contributed by atoms with Gasteiger partial charge in [-0.2, -0.15) is 0 Å². The van der Waals surface area contributed by atoms with Gasteiger partial charge in [0.1, 0.15) is 0 Å². The second-order valence-corrected chi connectivity index (χ2v) is 11.4. The molecule has 1 fully saturated rings. The lowest BCUT2D eigenvalue weighted by Gasteiger charge is -2.29. The minimum absolute atomic E-state index is 0.0998. The number of hydrogen-bond donors (Lipinski definition) is 1. The first-order valence-corrected chi connectivity index (χ1v) is 13.6. The highest BCUT2D eigenvalue weighted by Crippen LogP contribution is 2.38. The quantitative estimate of drug-likeness (QED) is 0.644. The molecule has 0 aliphatic carbocycles. The van der Waals surface area contributed by atoms with Crippen molar-refractivity contribution in [2.75, 3.05) is 29.3 Å². The molecule has 0 aromatic heterocycles. The molecule has 1 atom stereocenters. The van der Waals surface area contributed by atoms with Crippen molar-refractivity contribution in [3.8, 4) is 0 Å². The first-order valence-electron chi connectivity index (χ1n) is 11.3. The summed E-state index contributed by atoms with van der Waals surface area (Å²) in [6.07, 6.45) is 4.12. The number of sulfonamides is 1. The van der Waals surface area contributed by atoms with Crippen LogP contribution in [0.4, 0.5) is 11.4 Å². The fraction of sp³-hybridized carbons (Fsp3) is 0.417. The lowest BCUT2D eigenvalue weighted by Crippen LogP contribution is -2.45. The van der Waals surface area contributed by atoms with Crippen LogP contribution in [0.2, 0.25) is 0 Å². The average molecular weight is 488 g/mol. The predicted molar refractivity (Wildman–Crippen MR) is 131 cm³/mol. The van der Waals surface area contributed by atoms with Gasteiger partial charge in [-0.1, -0.05) is 25.0 Å². The molecule has 2 aliphatic rings. The number of benzene rings is 2. The molecule has 1 N–H and O–H groups in total. The summed E-state index contributed by atoms with van der Waals surface area (Å²) < 4.78 is 28.2. The van der Waals surface area contributed by atoms with Gasteiger partial charge in [0.25, 0.3) is 10.0 Å². The van der Waals surface area contributed by atoms with E-state index in [1.807, 2.05) is 25.1 Å². The van der Waals surface area contributed by atoms with Crippen LogP contribution in [-0.4, -0.2) is 50.0 Å². The van der Waals surface area contributed by atoms with Gasteiger partial charge in [-0.05, 0) is 62.6 Å². The highest BCUT2D eigenvalue weighted by atomic mass is 32.2. The molecule has 2 aliphatic heterocycles. The SMILES string of the molecule is CCN(c1cccc(C)c1)S(=O)(=O)c1ccc2c(c1)NC(=O)C(C(=O)N1CCCCCC1)S2. The molecule has 2 aromatic rings. The van der Waals surface area contributed by atoms with Crippen molar-refractivity contribution in [3.63, 3.8) is 0 Å². The Balaban J connectivity index is 1.58. The highest BCUT2D eigenvalue weighted by molar-refractivity contribution is 8.01. The van der Waals surface area contributed by atoms with Gasteiger partial charge in [0.05, 0.1) is 16.3 Å². The van der Waals surface area contributed by atoms with Crippen LogP contribution < -0.4 is 9.62 Å². The zero-order valence-electron chi connectivity index (χ0n) is 18.9. The van der Waals surface area contributed by atoms with E-state index in [1.165, 1.54) is 22.1 Å². The summed E-state index contributed by atoms with van der Waals surface area (Å²) in [6, 6.07) is 12.1. The maximum atomic E-state index is 13.4. The van der Waals surface area contributed by atoms with Crippen LogP contribution in [0, 0.1) is 6.92 Å². The van der Waals surface area contributed by atoms with E-state index in [4.69, 9.17) is 0 Å². The summed E-state index contributed by atoms with van der Waals surface area (Å²) in [6.45, 7) is 5.34. The van der Waals surface area contributed by atoms with Gasteiger partial charge in [-0.15, -0.1) is 11.8 Å². The summed E-state index contributed by atoms with van der Waals surface area (Å²) in [7, 11) is -3.83. The molecule has 2 amide bonds. The predicted octanol–water partition coefficient (Wildman–Crippen LogP) is 4.03. The molecule has 176 valence electrons. The van der Waals surface area contributed by atoms with E-state index < -0.39 is 21.2 Å². The van der Waals surface area contributed by atoms with E-state index in [1.54, 1.807) is 30.0 Å². The molecule has 1 saturated heterocycles. The summed E-state index contributed by atoms with van der Waals surface area (Å²) in [5.74, 6) is -0.569. The van der Waals surface area contributed by atoms with E-state index in [0.717, 1.165) is 31.2 Å². The van der Waals surface area contributed by atoms with Crippen LogP contribution in [0.1, 0.15) is 38.2 Å². The minimum Gasteiger partial charge on any atom is -0.341 e. The topological polar surface area (TPSA) is 86.8 Å². The molecule has 4 rings (SSSR count). The number of nitrogens with zero attached hydrogens (tertiary/aromatic N) is 2. The second kappa shape index (κ2) is 9.77. The molecule has 2 aromatic carbocycles. The number of amides is 2. The van der Waals surface area contributed by atoms with E-state index in [2.05, 4.69) is 5.32 Å². The molecule has 1 unspecified atom stereocenters. The number of likely N-dealkylation sites (tertiary alicyclic amines) is 1. The largest absolute Gasteiger partial charge is 0.341 e. The first kappa shape index (κ1) is 23.6. The number of fused-ring (bicyclic) bond motifs is 1. The molecule has 9 heteroatoms. The number of anilines is 2. The van der Waals surface area contributed by atoms with Crippen molar-refractivity contribution in [3.05, 3.63) is 48.0 Å². The maximum absolute atomic E-state index is 13.4. The number of carbonyl (C=O) groups is 2. The van der Waals surface area contributed by atoms with E-state index in [9.17, 15) is 18.0 Å². The minimum atomic E-state index is -3.83. The van der Waals surface area contributed by atoms with Crippen molar-refractivity contribution in [2.45, 2.75) is 54.6 Å². The van der Waals surface area contributed by atoms with Crippen LogP contribution in [0.3, 0.4) is 0 Å². The average Bonchev–Trinajstić information content (AvgIpc) is 3.08. The smallest absolute Gasteiger partial charge is 0.264 e. The molecule has 0 radical (unpaired) electrons. The van der Waals surface area contributed by atoms with Crippen LogP contribution >= 0.6 is 11.8 Å². The second-order valence-electron chi connectivity index (χ2n) is 8.39. The summed E-state index contributed by atoms with van der Waals surface area (Å²) in [5.41, 5.74) is 1.98. The summed E-state index contributed by atoms with van der Waals surface area (Å²) >= 11 is 1.19. The van der Waals surface area contributed by atoms with Gasteiger partial charge in [0.15, 0.2) is 5.25 Å². The Kier molecular flexibility index (Phi) is 6.99. The third kappa shape index (κ3) is 4.89. The lowest BCUT2D eigenvalue weighted by atomic mass is 10.2. The third-order valence-corrected chi connectivity index (χ3v) is 9.16. The summed E-state index contributed by atoms with van der Waals surface area (Å²) in [5, 5.41) is 1.92. The third-order valence-electron chi connectivity index (χ3n) is 6.00. The van der Waals surface area contributed by atoms with Gasteiger partial charge in [-0.25, -0.2) is 8.42 Å². The Hall–Kier alpha value is -2.52. The number of aryl methyl sites for hydroxylation is 1. The van der Waals surface area contributed by atoms with Gasteiger partial charge >= 0.3 is 0 Å². The van der Waals surface area contributed by atoms with Gasteiger partial charge in [0.2, 0.25) is 11.8 Å². The number of nitrogens with one attached hydrogen (secondary N) is 1. The van der Waals surface area contributed by atoms with Crippen molar-refractivity contribution >= 4 is 45.0 Å². The van der Waals surface area contributed by atoms with Crippen LogP contribution in [0.5, 0.6) is 0 Å². The Bertz CT molecular complexity index is 1160. The lowest BCUT2D eigenvalue weighted by molar-refractivity contribution is -0.133. The fourth-order valence-electron chi connectivity index (χ4n) is 4.27. The van der Waals surface area contributed by atoms with Crippen molar-refractivity contribution in [1.82, 2.24) is 4.90 Å². The first-order chi connectivity index (χ1) is 15.8. The Morgan fingerprint density at radius 2 is 1.85 bits per heavy atom. The molecular weight excluding hydrogens is 458 g/mol. The molecule has 0 spiro atoms. The standard InChI is InChI=1S/C24H29N3O4S2/c1-3-27(18-10-8-9-17(2)15-18)33(30,31)19-11-12-21-20(16-19)25-23(28)22(32-21)24(29)26-13-6-4-5-7-14-26/h8-12,15-16,22H,3-7,13-14H2,1-2H3,(H,25,28). The Morgan fingerprint density at radius 3 is 2.52 bits per heavy atom. The van der Waals surface area contributed by atoms with E-state index >= 15 is 0 Å². The number of hydrogen-bond acceptors (Lipinski definition) is 5. The molecule has 7 nitrogen and oxygen atoms in total. The monoisotopic (exact) mass is 487 g/mol. The van der Waals surface area contributed by atoms with Crippen LogP contribution in [0.15, 0.2) is 52.3 Å². The molecule has 2 heterocycles. The number of thioether (sulfide) groups is 1. The normalized spacial score (nSPS) is 18.8. The van der Waals surface area contributed by atoms with Crippen LogP contribution in [-0.2, 0) is 19.6 Å². The van der Waals surface area contributed by atoms with Crippen molar-refractivity contribution in [2.24, 2.45) is 0 Å².